The lowest BCUT2D eigenvalue weighted by molar-refractivity contribution is -0.148. The van der Waals surface area contributed by atoms with Gasteiger partial charge < -0.3 is 10.2 Å². The lowest BCUT2D eigenvalue weighted by Crippen LogP contribution is -2.41. The molecule has 0 spiro atoms. The zero-order valence-electron chi connectivity index (χ0n) is 13.9. The fourth-order valence-corrected chi connectivity index (χ4v) is 2.40. The van der Waals surface area contributed by atoms with Crippen molar-refractivity contribution in [2.75, 3.05) is 0 Å². The zero-order chi connectivity index (χ0) is 17.1. The van der Waals surface area contributed by atoms with Crippen molar-refractivity contribution in [1.82, 2.24) is 0 Å². The molecule has 0 bridgehead atoms. The van der Waals surface area contributed by atoms with Crippen molar-refractivity contribution in [3.63, 3.8) is 0 Å². The molecule has 0 rings (SSSR count). The molecule has 0 saturated heterocycles. The summed E-state index contributed by atoms with van der Waals surface area (Å²) in [5.41, 5.74) is -1.91. The molecule has 5 heteroatoms. The van der Waals surface area contributed by atoms with Gasteiger partial charge in [-0.15, -0.1) is 0 Å². The summed E-state index contributed by atoms with van der Waals surface area (Å²) in [6.45, 7) is 11.0. The third-order valence-corrected chi connectivity index (χ3v) is 4.64. The van der Waals surface area contributed by atoms with Gasteiger partial charge in [-0.2, -0.15) is 5.26 Å². The summed E-state index contributed by atoms with van der Waals surface area (Å²) in [6.07, 6.45) is 0.443. The SMILES string of the molecule is CC(C)(C)C(CC(C)(C)C(C)(C#N)CCC(=O)O)C(=O)O. The summed E-state index contributed by atoms with van der Waals surface area (Å²) in [5, 5.41) is 27.8. The van der Waals surface area contributed by atoms with Crippen LogP contribution in [0, 0.1) is 33.5 Å². The van der Waals surface area contributed by atoms with E-state index in [2.05, 4.69) is 6.07 Å². The number of rotatable bonds is 7. The fraction of sp³-hybridized carbons (Fsp3) is 0.812. The maximum atomic E-state index is 11.5. The van der Waals surface area contributed by atoms with Gasteiger partial charge in [-0.05, 0) is 30.6 Å². The van der Waals surface area contributed by atoms with Gasteiger partial charge in [0.2, 0.25) is 0 Å². The van der Waals surface area contributed by atoms with Crippen LogP contribution in [0.25, 0.3) is 0 Å². The number of nitrogens with zero attached hydrogens (tertiary/aromatic N) is 1. The van der Waals surface area contributed by atoms with Gasteiger partial charge >= 0.3 is 11.9 Å². The van der Waals surface area contributed by atoms with Crippen LogP contribution in [-0.4, -0.2) is 22.2 Å². The van der Waals surface area contributed by atoms with Gasteiger partial charge in [0.05, 0.1) is 17.4 Å². The Kier molecular flexibility index (Phi) is 5.98. The molecule has 0 radical (unpaired) electrons. The van der Waals surface area contributed by atoms with Gasteiger partial charge in [0.15, 0.2) is 0 Å². The molecule has 21 heavy (non-hydrogen) atoms. The van der Waals surface area contributed by atoms with E-state index in [9.17, 15) is 20.0 Å². The molecule has 2 N–H and O–H groups in total. The Morgan fingerprint density at radius 3 is 1.86 bits per heavy atom. The Balaban J connectivity index is 5.37. The molecule has 0 aromatic heterocycles. The highest BCUT2D eigenvalue weighted by Gasteiger charge is 2.46. The molecule has 0 aromatic carbocycles. The summed E-state index contributed by atoms with van der Waals surface area (Å²) < 4.78 is 0. The first-order valence-electron chi connectivity index (χ1n) is 7.13. The van der Waals surface area contributed by atoms with Crippen molar-refractivity contribution in [1.29, 1.82) is 5.26 Å². The number of aliphatic carboxylic acids is 2. The highest BCUT2D eigenvalue weighted by atomic mass is 16.4. The van der Waals surface area contributed by atoms with E-state index in [1.165, 1.54) is 0 Å². The van der Waals surface area contributed by atoms with Crippen LogP contribution >= 0.6 is 0 Å². The summed E-state index contributed by atoms with van der Waals surface area (Å²) in [5.74, 6) is -2.42. The average Bonchev–Trinajstić information content (AvgIpc) is 2.31. The summed E-state index contributed by atoms with van der Waals surface area (Å²) in [4.78, 5) is 22.3. The normalized spacial score (nSPS) is 16.6. The van der Waals surface area contributed by atoms with Gasteiger partial charge in [-0.1, -0.05) is 34.6 Å². The molecule has 0 aromatic rings. The minimum Gasteiger partial charge on any atom is -0.481 e. The van der Waals surface area contributed by atoms with Crippen molar-refractivity contribution in [2.45, 2.75) is 60.8 Å². The minimum atomic E-state index is -0.946. The molecule has 0 fully saturated rings. The zero-order valence-corrected chi connectivity index (χ0v) is 13.9. The summed E-state index contributed by atoms with van der Waals surface area (Å²) in [7, 11) is 0. The van der Waals surface area contributed by atoms with E-state index in [0.29, 0.717) is 6.42 Å². The summed E-state index contributed by atoms with van der Waals surface area (Å²) >= 11 is 0. The highest BCUT2D eigenvalue weighted by molar-refractivity contribution is 5.71. The first-order chi connectivity index (χ1) is 9.27. The van der Waals surface area contributed by atoms with Crippen molar-refractivity contribution in [2.24, 2.45) is 22.2 Å². The first kappa shape index (κ1) is 19.4. The van der Waals surface area contributed by atoms with E-state index in [0.717, 1.165) is 0 Å². The maximum absolute atomic E-state index is 11.5. The molecule has 2 unspecified atom stereocenters. The Hall–Kier alpha value is -1.57. The van der Waals surface area contributed by atoms with Gasteiger partial charge in [0.25, 0.3) is 0 Å². The second kappa shape index (κ2) is 6.46. The molecule has 0 amide bonds. The van der Waals surface area contributed by atoms with Crippen molar-refractivity contribution < 1.29 is 19.8 Å². The van der Waals surface area contributed by atoms with Crippen LogP contribution in [0.5, 0.6) is 0 Å². The number of carbonyl (C=O) groups is 2. The van der Waals surface area contributed by atoms with Crippen molar-refractivity contribution in [3.8, 4) is 6.07 Å². The molecule has 0 aliphatic heterocycles. The summed E-state index contributed by atoms with van der Waals surface area (Å²) in [6, 6.07) is 2.21. The van der Waals surface area contributed by atoms with E-state index in [4.69, 9.17) is 5.11 Å². The van der Waals surface area contributed by atoms with Crippen molar-refractivity contribution >= 4 is 11.9 Å². The van der Waals surface area contributed by atoms with E-state index in [-0.39, 0.29) is 12.8 Å². The van der Waals surface area contributed by atoms with E-state index >= 15 is 0 Å². The van der Waals surface area contributed by atoms with Crippen LogP contribution in [0.4, 0.5) is 0 Å². The third kappa shape index (κ3) is 5.04. The first-order valence-corrected chi connectivity index (χ1v) is 7.13. The average molecular weight is 297 g/mol. The molecule has 120 valence electrons. The Morgan fingerprint density at radius 2 is 1.57 bits per heavy atom. The number of hydrogen-bond donors (Lipinski definition) is 2. The Morgan fingerprint density at radius 1 is 1.10 bits per heavy atom. The number of carboxylic acid groups (broad SMARTS) is 2. The van der Waals surface area contributed by atoms with Gasteiger partial charge in [-0.25, -0.2) is 0 Å². The number of hydrogen-bond acceptors (Lipinski definition) is 3. The predicted octanol–water partition coefficient (Wildman–Crippen LogP) is 3.54. The lowest BCUT2D eigenvalue weighted by atomic mass is 9.59. The number of carboxylic acids is 2. The van der Waals surface area contributed by atoms with Crippen LogP contribution in [0.2, 0.25) is 0 Å². The maximum Gasteiger partial charge on any atom is 0.307 e. The van der Waals surface area contributed by atoms with Crippen LogP contribution in [-0.2, 0) is 9.59 Å². The van der Waals surface area contributed by atoms with Gasteiger partial charge in [0, 0.05) is 6.42 Å². The van der Waals surface area contributed by atoms with E-state index in [1.54, 1.807) is 6.92 Å². The highest BCUT2D eigenvalue weighted by Crippen LogP contribution is 2.48. The predicted molar refractivity (Wildman–Crippen MR) is 79.6 cm³/mol. The van der Waals surface area contributed by atoms with Crippen LogP contribution < -0.4 is 0 Å². The molecular formula is C16H27NO4. The topological polar surface area (TPSA) is 98.4 Å². The largest absolute Gasteiger partial charge is 0.481 e. The molecule has 5 nitrogen and oxygen atoms in total. The smallest absolute Gasteiger partial charge is 0.307 e. The molecule has 0 heterocycles. The second-order valence-electron chi connectivity index (χ2n) is 7.68. The quantitative estimate of drug-likeness (QED) is 0.748. The van der Waals surface area contributed by atoms with E-state index in [1.807, 2.05) is 34.6 Å². The van der Waals surface area contributed by atoms with Gasteiger partial charge in [0.1, 0.15) is 0 Å². The molecule has 0 saturated carbocycles. The molecular weight excluding hydrogens is 270 g/mol. The van der Waals surface area contributed by atoms with E-state index < -0.39 is 34.1 Å². The van der Waals surface area contributed by atoms with Crippen LogP contribution in [0.15, 0.2) is 0 Å². The second-order valence-corrected chi connectivity index (χ2v) is 7.68. The molecule has 0 aliphatic carbocycles. The van der Waals surface area contributed by atoms with Crippen LogP contribution in [0.3, 0.4) is 0 Å². The lowest BCUT2D eigenvalue weighted by Gasteiger charge is -2.43. The molecule has 2 atom stereocenters. The van der Waals surface area contributed by atoms with Crippen molar-refractivity contribution in [3.05, 3.63) is 0 Å². The molecule has 0 aliphatic rings. The number of nitriles is 1. The third-order valence-electron chi connectivity index (χ3n) is 4.64. The minimum absolute atomic E-state index is 0.0965. The fourth-order valence-electron chi connectivity index (χ4n) is 2.40. The Bertz CT molecular complexity index is 442. The standard InChI is InChI=1S/C16H27NO4/c1-14(2,3)11(13(20)21)9-15(4,5)16(6,10-17)8-7-12(18)19/h11H,7-9H2,1-6H3,(H,18,19)(H,20,21). The van der Waals surface area contributed by atoms with Crippen LogP contribution in [0.1, 0.15) is 60.8 Å². The van der Waals surface area contributed by atoms with Gasteiger partial charge in [-0.3, -0.25) is 9.59 Å². The monoisotopic (exact) mass is 297 g/mol. The Labute approximate surface area is 127 Å².